The van der Waals surface area contributed by atoms with Gasteiger partial charge >= 0.3 is 0 Å². The van der Waals surface area contributed by atoms with Crippen molar-refractivity contribution in [2.24, 2.45) is 5.92 Å². The first kappa shape index (κ1) is 25.4. The maximum Gasteiger partial charge on any atom is 0.192 e. The van der Waals surface area contributed by atoms with Crippen LogP contribution in [0.15, 0.2) is 0 Å². The van der Waals surface area contributed by atoms with E-state index in [9.17, 15) is 0 Å². The van der Waals surface area contributed by atoms with Crippen molar-refractivity contribution in [3.05, 3.63) is 0 Å². The monoisotopic (exact) mass is 416 g/mol. The number of hydrogen-bond acceptors (Lipinski definition) is 3. The molecule has 1 aliphatic heterocycles. The van der Waals surface area contributed by atoms with E-state index in [2.05, 4.69) is 75.4 Å². The Labute approximate surface area is 172 Å². The summed E-state index contributed by atoms with van der Waals surface area (Å²) >= 11 is 0. The Hall–Kier alpha value is 0.314. The maximum atomic E-state index is 6.83. The minimum absolute atomic E-state index is 0.125. The van der Waals surface area contributed by atoms with Gasteiger partial charge in [0, 0.05) is 5.92 Å². The van der Waals surface area contributed by atoms with Gasteiger partial charge < -0.3 is 13.6 Å². The Morgan fingerprint density at radius 2 is 1.56 bits per heavy atom. The molecule has 1 fully saturated rings. The van der Waals surface area contributed by atoms with Crippen LogP contribution in [0.4, 0.5) is 0 Å². The Bertz CT molecular complexity index is 449. The first-order valence-corrected chi connectivity index (χ1v) is 16.7. The molecule has 0 spiro atoms. The van der Waals surface area contributed by atoms with E-state index in [-0.39, 0.29) is 22.8 Å². The van der Waals surface area contributed by atoms with E-state index in [0.717, 1.165) is 19.4 Å². The largest absolute Gasteiger partial charge is 0.414 e. The molecule has 1 aliphatic rings. The van der Waals surface area contributed by atoms with Gasteiger partial charge in [0.15, 0.2) is 16.6 Å². The molecule has 27 heavy (non-hydrogen) atoms. The summed E-state index contributed by atoms with van der Waals surface area (Å²) in [4.78, 5) is 0. The van der Waals surface area contributed by atoms with Crippen LogP contribution in [0.1, 0.15) is 75.2 Å². The third kappa shape index (κ3) is 6.14. The molecule has 0 aromatic heterocycles. The summed E-state index contributed by atoms with van der Waals surface area (Å²) in [5.41, 5.74) is -0.125. The van der Waals surface area contributed by atoms with Crippen LogP contribution in [0.5, 0.6) is 0 Å². The molecule has 0 aromatic rings. The van der Waals surface area contributed by atoms with Gasteiger partial charge in [-0.15, -0.1) is 0 Å². The van der Waals surface area contributed by atoms with Crippen molar-refractivity contribution in [2.75, 3.05) is 6.61 Å². The Balaban J connectivity index is 2.77. The maximum absolute atomic E-state index is 6.83. The van der Waals surface area contributed by atoms with E-state index in [0.29, 0.717) is 5.92 Å². The third-order valence-electron chi connectivity index (χ3n) is 7.43. The second kappa shape index (κ2) is 9.42. The smallest absolute Gasteiger partial charge is 0.192 e. The normalized spacial score (nSPS) is 26.1. The van der Waals surface area contributed by atoms with Crippen molar-refractivity contribution < 1.29 is 13.6 Å². The molecule has 162 valence electrons. The second-order valence-electron chi connectivity index (χ2n) is 10.4. The first-order chi connectivity index (χ1) is 12.3. The summed E-state index contributed by atoms with van der Waals surface area (Å²) in [5, 5.41) is 0.240. The van der Waals surface area contributed by atoms with Crippen molar-refractivity contribution in [1.29, 1.82) is 0 Å². The predicted octanol–water partition coefficient (Wildman–Crippen LogP) is 6.99. The molecule has 0 unspecified atom stereocenters. The number of hydrogen-bond donors (Lipinski definition) is 0. The van der Waals surface area contributed by atoms with E-state index >= 15 is 0 Å². The molecule has 3 nitrogen and oxygen atoms in total. The molecule has 1 heterocycles. The molecule has 4 atom stereocenters. The van der Waals surface area contributed by atoms with Crippen LogP contribution >= 0.6 is 0 Å². The lowest BCUT2D eigenvalue weighted by molar-refractivity contribution is 0.0987. The van der Waals surface area contributed by atoms with Crippen LogP contribution in [0.25, 0.3) is 0 Å². The molecule has 0 aliphatic carbocycles. The summed E-state index contributed by atoms with van der Waals surface area (Å²) in [6.07, 6.45) is 2.81. The van der Waals surface area contributed by atoms with Crippen molar-refractivity contribution in [3.8, 4) is 0 Å². The van der Waals surface area contributed by atoms with Crippen molar-refractivity contribution >= 4 is 16.6 Å². The number of ether oxygens (including phenoxy) is 1. The van der Waals surface area contributed by atoms with Crippen molar-refractivity contribution in [3.63, 3.8) is 0 Å². The Kier molecular flexibility index (Phi) is 8.84. The number of rotatable bonds is 12. The highest BCUT2D eigenvalue weighted by molar-refractivity contribution is 6.74. The Morgan fingerprint density at radius 1 is 1.04 bits per heavy atom. The minimum Gasteiger partial charge on any atom is -0.414 e. The molecule has 5 heteroatoms. The molecule has 0 N–H and O–H groups in total. The van der Waals surface area contributed by atoms with Gasteiger partial charge in [-0.25, -0.2) is 0 Å². The van der Waals surface area contributed by atoms with Gasteiger partial charge in [-0.05, 0) is 49.6 Å². The van der Waals surface area contributed by atoms with Crippen molar-refractivity contribution in [1.82, 2.24) is 0 Å². The molecule has 0 amide bonds. The second-order valence-corrected chi connectivity index (χ2v) is 20.0. The fourth-order valence-corrected chi connectivity index (χ4v) is 8.00. The standard InChI is InChI=1S/C22H48O3Si2/c1-12-16-19(25-26(10,11)21(6,7)8)18(5)20-22(9,24-20)17-23-27(13-2,14-3)15-4/h18-20H,12-17H2,1-11H3/t18-,19-,20-,22-/m1/s1. The van der Waals surface area contributed by atoms with Gasteiger partial charge in [-0.1, -0.05) is 61.8 Å². The molecule has 1 saturated heterocycles. The van der Waals surface area contributed by atoms with Crippen LogP contribution < -0.4 is 0 Å². The predicted molar refractivity (Wildman–Crippen MR) is 123 cm³/mol. The molecule has 0 saturated carbocycles. The highest BCUT2D eigenvalue weighted by Gasteiger charge is 2.58. The summed E-state index contributed by atoms with van der Waals surface area (Å²) in [7, 11) is -3.34. The van der Waals surface area contributed by atoms with Crippen LogP contribution in [0.2, 0.25) is 36.3 Å². The van der Waals surface area contributed by atoms with Gasteiger partial charge in [0.05, 0.1) is 18.8 Å². The highest BCUT2D eigenvalue weighted by Crippen LogP contribution is 2.46. The van der Waals surface area contributed by atoms with Gasteiger partial charge in [0.25, 0.3) is 0 Å². The van der Waals surface area contributed by atoms with E-state index in [1.165, 1.54) is 18.1 Å². The Morgan fingerprint density at radius 3 is 1.96 bits per heavy atom. The summed E-state index contributed by atoms with van der Waals surface area (Å²) in [5.74, 6) is 0.411. The zero-order valence-electron chi connectivity index (χ0n) is 20.2. The first-order valence-electron chi connectivity index (χ1n) is 11.3. The lowest BCUT2D eigenvalue weighted by Crippen LogP contribution is -2.46. The van der Waals surface area contributed by atoms with E-state index < -0.39 is 16.6 Å². The molecule has 0 aromatic carbocycles. The van der Waals surface area contributed by atoms with Gasteiger partial charge in [0.1, 0.15) is 5.60 Å². The van der Waals surface area contributed by atoms with E-state index in [4.69, 9.17) is 13.6 Å². The molecule has 0 radical (unpaired) electrons. The van der Waals surface area contributed by atoms with Crippen LogP contribution in [-0.2, 0) is 13.6 Å². The van der Waals surface area contributed by atoms with Crippen molar-refractivity contribution in [2.45, 2.75) is 129 Å². The molecule has 0 bridgehead atoms. The number of epoxide rings is 1. The fraction of sp³-hybridized carbons (Fsp3) is 1.00. The van der Waals surface area contributed by atoms with Gasteiger partial charge in [0.2, 0.25) is 0 Å². The third-order valence-corrected chi connectivity index (χ3v) is 16.6. The van der Waals surface area contributed by atoms with Gasteiger partial charge in [-0.2, -0.15) is 0 Å². The average molecular weight is 417 g/mol. The fourth-order valence-electron chi connectivity index (χ4n) is 3.85. The average Bonchev–Trinajstić information content (AvgIpc) is 3.26. The van der Waals surface area contributed by atoms with Gasteiger partial charge in [-0.3, -0.25) is 0 Å². The quantitative estimate of drug-likeness (QED) is 0.254. The highest BCUT2D eigenvalue weighted by atomic mass is 28.4. The summed E-state index contributed by atoms with van der Waals surface area (Å²) < 4.78 is 19.7. The topological polar surface area (TPSA) is 31.0 Å². The van der Waals surface area contributed by atoms with Crippen LogP contribution in [0, 0.1) is 5.92 Å². The molecular formula is C22H48O3Si2. The minimum atomic E-state index is -1.78. The zero-order valence-corrected chi connectivity index (χ0v) is 22.2. The SMILES string of the molecule is CCC[C@@H](O[Si](C)(C)C(C)(C)C)[C@@H](C)[C@H]1O[C@]1(C)CO[Si](CC)(CC)CC. The lowest BCUT2D eigenvalue weighted by atomic mass is 9.91. The molecular weight excluding hydrogens is 368 g/mol. The molecule has 1 rings (SSSR count). The zero-order chi connectivity index (χ0) is 21.1. The summed E-state index contributed by atoms with van der Waals surface area (Å²) in [6, 6.07) is 3.59. The summed E-state index contributed by atoms with van der Waals surface area (Å²) in [6.45, 7) is 26.1. The van der Waals surface area contributed by atoms with E-state index in [1.807, 2.05) is 0 Å². The van der Waals surface area contributed by atoms with Crippen LogP contribution in [-0.4, -0.2) is 41.1 Å². The van der Waals surface area contributed by atoms with E-state index in [1.54, 1.807) is 0 Å². The lowest BCUT2D eigenvalue weighted by Gasteiger charge is -2.41. The van der Waals surface area contributed by atoms with Crippen LogP contribution in [0.3, 0.4) is 0 Å².